The molecule has 0 spiro atoms. The number of carbonyl (C=O) groups is 2. The van der Waals surface area contributed by atoms with E-state index in [1.165, 1.54) is 0 Å². The van der Waals surface area contributed by atoms with Crippen molar-refractivity contribution in [3.05, 3.63) is 29.3 Å². The number of aryl methyl sites for hydroxylation is 1. The van der Waals surface area contributed by atoms with Crippen molar-refractivity contribution in [2.75, 3.05) is 6.54 Å². The van der Waals surface area contributed by atoms with Gasteiger partial charge in [0.2, 0.25) is 0 Å². The van der Waals surface area contributed by atoms with Gasteiger partial charge in [-0.1, -0.05) is 18.6 Å². The van der Waals surface area contributed by atoms with Crippen LogP contribution in [-0.2, 0) is 4.79 Å². The van der Waals surface area contributed by atoms with E-state index in [1.54, 1.807) is 25.1 Å². The summed E-state index contributed by atoms with van der Waals surface area (Å²) < 4.78 is 0. The summed E-state index contributed by atoms with van der Waals surface area (Å²) in [6, 6.07) is 4.99. The Morgan fingerprint density at radius 1 is 1.35 bits per heavy atom. The largest absolute Gasteiger partial charge is 0.507 e. The summed E-state index contributed by atoms with van der Waals surface area (Å²) in [5.74, 6) is -1.57. The first-order valence-electron chi connectivity index (χ1n) is 6.80. The third-order valence-electron chi connectivity index (χ3n) is 3.98. The Morgan fingerprint density at radius 2 is 2.10 bits per heavy atom. The predicted octanol–water partition coefficient (Wildman–Crippen LogP) is 1.93. The minimum absolute atomic E-state index is 0.0220. The van der Waals surface area contributed by atoms with E-state index in [9.17, 15) is 14.7 Å². The van der Waals surface area contributed by atoms with Gasteiger partial charge in [-0.3, -0.25) is 9.59 Å². The molecule has 0 radical (unpaired) electrons. The van der Waals surface area contributed by atoms with E-state index < -0.39 is 5.97 Å². The SMILES string of the molecule is Cc1cccc(C(=O)NCC2CCCC2C(=O)O)c1O. The fourth-order valence-corrected chi connectivity index (χ4v) is 2.77. The Bertz CT molecular complexity index is 527. The molecule has 0 saturated heterocycles. The molecule has 2 unspecified atom stereocenters. The molecule has 5 heteroatoms. The van der Waals surface area contributed by atoms with Gasteiger partial charge in [-0.25, -0.2) is 0 Å². The second-order valence-electron chi connectivity index (χ2n) is 5.32. The number of rotatable bonds is 4. The van der Waals surface area contributed by atoms with Crippen molar-refractivity contribution in [2.24, 2.45) is 11.8 Å². The van der Waals surface area contributed by atoms with Gasteiger partial charge in [-0.2, -0.15) is 0 Å². The molecule has 1 amide bonds. The fourth-order valence-electron chi connectivity index (χ4n) is 2.77. The Balaban J connectivity index is 1.99. The van der Waals surface area contributed by atoms with E-state index in [-0.39, 0.29) is 29.1 Å². The highest BCUT2D eigenvalue weighted by atomic mass is 16.4. The molecule has 2 atom stereocenters. The number of hydrogen-bond donors (Lipinski definition) is 3. The highest BCUT2D eigenvalue weighted by Gasteiger charge is 2.33. The second-order valence-corrected chi connectivity index (χ2v) is 5.32. The molecule has 0 aliphatic heterocycles. The van der Waals surface area contributed by atoms with Crippen LogP contribution in [-0.4, -0.2) is 28.6 Å². The van der Waals surface area contributed by atoms with Crippen molar-refractivity contribution in [1.29, 1.82) is 0 Å². The van der Waals surface area contributed by atoms with Crippen LogP contribution in [0.2, 0.25) is 0 Å². The third kappa shape index (κ3) is 2.92. The summed E-state index contributed by atoms with van der Waals surface area (Å²) in [5, 5.41) is 21.7. The summed E-state index contributed by atoms with van der Waals surface area (Å²) in [6.07, 6.45) is 2.37. The lowest BCUT2D eigenvalue weighted by Gasteiger charge is -2.16. The van der Waals surface area contributed by atoms with E-state index in [4.69, 9.17) is 5.11 Å². The van der Waals surface area contributed by atoms with Crippen LogP contribution in [0.5, 0.6) is 5.75 Å². The van der Waals surface area contributed by atoms with Crippen LogP contribution in [0.3, 0.4) is 0 Å². The lowest BCUT2D eigenvalue weighted by atomic mass is 9.96. The molecule has 1 aliphatic rings. The van der Waals surface area contributed by atoms with Crippen LogP contribution < -0.4 is 5.32 Å². The first-order chi connectivity index (χ1) is 9.50. The number of aromatic hydroxyl groups is 1. The van der Waals surface area contributed by atoms with Gasteiger partial charge in [0.25, 0.3) is 5.91 Å². The van der Waals surface area contributed by atoms with Crippen LogP contribution in [0.4, 0.5) is 0 Å². The molecule has 3 N–H and O–H groups in total. The van der Waals surface area contributed by atoms with Crippen molar-refractivity contribution in [2.45, 2.75) is 26.2 Å². The molecule has 1 fully saturated rings. The molecule has 108 valence electrons. The number of carboxylic acid groups (broad SMARTS) is 1. The Morgan fingerprint density at radius 3 is 2.80 bits per heavy atom. The van der Waals surface area contributed by atoms with Gasteiger partial charge in [0.05, 0.1) is 11.5 Å². The first-order valence-corrected chi connectivity index (χ1v) is 6.80. The molecule has 20 heavy (non-hydrogen) atoms. The maximum atomic E-state index is 12.0. The van der Waals surface area contributed by atoms with Gasteiger partial charge in [0.1, 0.15) is 5.75 Å². The molecule has 0 bridgehead atoms. The zero-order chi connectivity index (χ0) is 14.7. The zero-order valence-electron chi connectivity index (χ0n) is 11.4. The van der Waals surface area contributed by atoms with Crippen molar-refractivity contribution < 1.29 is 19.8 Å². The predicted molar refractivity (Wildman–Crippen MR) is 73.6 cm³/mol. The quantitative estimate of drug-likeness (QED) is 0.785. The Hall–Kier alpha value is -2.04. The number of phenolic OH excluding ortho intramolecular Hbond substituents is 1. The molecule has 1 aliphatic carbocycles. The standard InChI is InChI=1S/C15H19NO4/c1-9-4-2-7-12(13(9)17)14(18)16-8-10-5-3-6-11(10)15(19)20/h2,4,7,10-11,17H,3,5-6,8H2,1H3,(H,16,18)(H,19,20). The lowest BCUT2D eigenvalue weighted by molar-refractivity contribution is -0.142. The summed E-state index contributed by atoms with van der Waals surface area (Å²) in [5.41, 5.74) is 0.872. The van der Waals surface area contributed by atoms with Gasteiger partial charge < -0.3 is 15.5 Å². The molecule has 0 heterocycles. The zero-order valence-corrected chi connectivity index (χ0v) is 11.4. The van der Waals surface area contributed by atoms with E-state index in [0.717, 1.165) is 12.8 Å². The summed E-state index contributed by atoms with van der Waals surface area (Å²) in [7, 11) is 0. The van der Waals surface area contributed by atoms with Gasteiger partial charge >= 0.3 is 5.97 Å². The van der Waals surface area contributed by atoms with Gasteiger partial charge in [-0.05, 0) is 37.3 Å². The number of para-hydroxylation sites is 1. The summed E-state index contributed by atoms with van der Waals surface area (Å²) in [6.45, 7) is 2.06. The topological polar surface area (TPSA) is 86.6 Å². The van der Waals surface area contributed by atoms with Crippen LogP contribution in [0, 0.1) is 18.8 Å². The number of carboxylic acids is 1. The average molecular weight is 277 g/mol. The molecule has 2 rings (SSSR count). The number of amides is 1. The van der Waals surface area contributed by atoms with E-state index in [1.807, 2.05) is 0 Å². The molecular formula is C15H19NO4. The molecule has 5 nitrogen and oxygen atoms in total. The highest BCUT2D eigenvalue weighted by Crippen LogP contribution is 2.31. The fraction of sp³-hybridized carbons (Fsp3) is 0.467. The van der Waals surface area contributed by atoms with Crippen molar-refractivity contribution in [3.63, 3.8) is 0 Å². The van der Waals surface area contributed by atoms with Crippen LogP contribution >= 0.6 is 0 Å². The van der Waals surface area contributed by atoms with E-state index >= 15 is 0 Å². The summed E-state index contributed by atoms with van der Waals surface area (Å²) in [4.78, 5) is 23.1. The van der Waals surface area contributed by atoms with Gasteiger partial charge in [0, 0.05) is 6.54 Å². The minimum atomic E-state index is -0.792. The molecular weight excluding hydrogens is 258 g/mol. The van der Waals surface area contributed by atoms with Crippen LogP contribution in [0.1, 0.15) is 35.2 Å². The number of aliphatic carboxylic acids is 1. The number of carbonyl (C=O) groups excluding carboxylic acids is 1. The third-order valence-corrected chi connectivity index (χ3v) is 3.98. The molecule has 1 saturated carbocycles. The number of nitrogens with one attached hydrogen (secondary N) is 1. The lowest BCUT2D eigenvalue weighted by Crippen LogP contribution is -2.33. The first kappa shape index (κ1) is 14.4. The normalized spacial score (nSPS) is 21.6. The van der Waals surface area contributed by atoms with Crippen LogP contribution in [0.15, 0.2) is 18.2 Å². The van der Waals surface area contributed by atoms with E-state index in [0.29, 0.717) is 18.5 Å². The monoisotopic (exact) mass is 277 g/mol. The Labute approximate surface area is 117 Å². The average Bonchev–Trinajstić information content (AvgIpc) is 2.87. The van der Waals surface area contributed by atoms with Crippen LogP contribution in [0.25, 0.3) is 0 Å². The van der Waals surface area contributed by atoms with Crippen molar-refractivity contribution in [3.8, 4) is 5.75 Å². The smallest absolute Gasteiger partial charge is 0.306 e. The maximum absolute atomic E-state index is 12.0. The highest BCUT2D eigenvalue weighted by molar-refractivity contribution is 5.97. The summed E-state index contributed by atoms with van der Waals surface area (Å²) >= 11 is 0. The van der Waals surface area contributed by atoms with Crippen molar-refractivity contribution in [1.82, 2.24) is 5.32 Å². The Kier molecular flexibility index (Phi) is 4.27. The number of hydrogen-bond acceptors (Lipinski definition) is 3. The minimum Gasteiger partial charge on any atom is -0.507 e. The molecule has 1 aromatic carbocycles. The molecule has 1 aromatic rings. The number of phenols is 1. The molecule has 0 aromatic heterocycles. The van der Waals surface area contributed by atoms with E-state index in [2.05, 4.69) is 5.32 Å². The maximum Gasteiger partial charge on any atom is 0.306 e. The van der Waals surface area contributed by atoms with Gasteiger partial charge in [0.15, 0.2) is 0 Å². The number of benzene rings is 1. The van der Waals surface area contributed by atoms with Crippen molar-refractivity contribution >= 4 is 11.9 Å². The van der Waals surface area contributed by atoms with Gasteiger partial charge in [-0.15, -0.1) is 0 Å². The second kappa shape index (κ2) is 5.94.